The predicted molar refractivity (Wildman–Crippen MR) is 258 cm³/mol. The van der Waals surface area contributed by atoms with E-state index in [-0.39, 0.29) is 0 Å². The average Bonchev–Trinajstić information content (AvgIpc) is 3.30. The molecule has 0 saturated heterocycles. The van der Waals surface area contributed by atoms with Crippen molar-refractivity contribution in [1.29, 1.82) is 0 Å². The van der Waals surface area contributed by atoms with Gasteiger partial charge in [-0.1, -0.05) is 179 Å². The van der Waals surface area contributed by atoms with Gasteiger partial charge in [-0.05, 0) is 123 Å². The zero-order chi connectivity index (χ0) is 41.0. The van der Waals surface area contributed by atoms with Crippen molar-refractivity contribution in [3.8, 4) is 11.1 Å². The third-order valence-electron chi connectivity index (χ3n) is 11.9. The number of rotatable bonds is 12. The van der Waals surface area contributed by atoms with Gasteiger partial charge < -0.3 is 9.80 Å². The van der Waals surface area contributed by atoms with Gasteiger partial charge in [-0.2, -0.15) is 0 Å². The molecule has 294 valence electrons. The molecular formula is C58H52N2. The molecule has 0 amide bonds. The van der Waals surface area contributed by atoms with Crippen molar-refractivity contribution in [2.45, 2.75) is 52.4 Å². The number of benzene rings is 8. The second-order valence-corrected chi connectivity index (χ2v) is 16.5. The minimum atomic E-state index is 0.448. The molecular weight excluding hydrogens is 725 g/mol. The van der Waals surface area contributed by atoms with Crippen LogP contribution in [0.25, 0.3) is 33.7 Å². The summed E-state index contributed by atoms with van der Waals surface area (Å²) in [4.78, 5) is 4.92. The molecule has 1 aliphatic rings. The summed E-state index contributed by atoms with van der Waals surface area (Å²) in [5.41, 5.74) is 17.1. The summed E-state index contributed by atoms with van der Waals surface area (Å²) in [5.74, 6) is 0.899. The van der Waals surface area contributed by atoms with Gasteiger partial charge in [0, 0.05) is 33.9 Å². The molecule has 8 aromatic carbocycles. The molecule has 0 N–H and O–H groups in total. The van der Waals surface area contributed by atoms with Crippen LogP contribution in [0.5, 0.6) is 0 Å². The van der Waals surface area contributed by atoms with E-state index in [0.717, 1.165) is 35.6 Å². The Bertz CT molecular complexity index is 2760. The van der Waals surface area contributed by atoms with Crippen molar-refractivity contribution < 1.29 is 0 Å². The van der Waals surface area contributed by atoms with Crippen LogP contribution in [-0.4, -0.2) is 0 Å². The molecule has 0 saturated carbocycles. The molecule has 1 aliphatic carbocycles. The fraction of sp³-hybridized carbons (Fsp3) is 0.138. The normalized spacial score (nSPS) is 12.3. The minimum absolute atomic E-state index is 0.448. The first kappa shape index (κ1) is 38.6. The molecule has 0 aromatic heterocycles. The topological polar surface area (TPSA) is 6.48 Å². The third-order valence-corrected chi connectivity index (χ3v) is 11.9. The summed E-state index contributed by atoms with van der Waals surface area (Å²) < 4.78 is 0. The molecule has 2 heteroatoms. The molecule has 9 rings (SSSR count). The van der Waals surface area contributed by atoms with Crippen LogP contribution in [0.15, 0.2) is 200 Å². The second-order valence-electron chi connectivity index (χ2n) is 16.5. The van der Waals surface area contributed by atoms with Gasteiger partial charge >= 0.3 is 0 Å². The van der Waals surface area contributed by atoms with Crippen LogP contribution in [0.3, 0.4) is 0 Å². The predicted octanol–water partition coefficient (Wildman–Crippen LogP) is 16.2. The van der Waals surface area contributed by atoms with E-state index in [1.807, 2.05) is 0 Å². The summed E-state index contributed by atoms with van der Waals surface area (Å²) in [6, 6.07) is 69.0. The van der Waals surface area contributed by atoms with E-state index in [0.29, 0.717) is 11.8 Å². The Morgan fingerprint density at radius 2 is 1.07 bits per heavy atom. The lowest BCUT2D eigenvalue weighted by atomic mass is 9.83. The van der Waals surface area contributed by atoms with Gasteiger partial charge in [-0.15, -0.1) is 0 Å². The minimum Gasteiger partial charge on any atom is -0.310 e. The van der Waals surface area contributed by atoms with Crippen molar-refractivity contribution in [3.05, 3.63) is 234 Å². The van der Waals surface area contributed by atoms with Gasteiger partial charge in [0.1, 0.15) is 0 Å². The largest absolute Gasteiger partial charge is 0.310 e. The highest BCUT2D eigenvalue weighted by molar-refractivity contribution is 6.11. The monoisotopic (exact) mass is 776 g/mol. The average molecular weight is 777 g/mol. The first-order valence-electron chi connectivity index (χ1n) is 21.4. The third kappa shape index (κ3) is 7.70. The van der Waals surface area contributed by atoms with E-state index in [4.69, 9.17) is 0 Å². The van der Waals surface area contributed by atoms with Gasteiger partial charge in [-0.3, -0.25) is 0 Å². The maximum atomic E-state index is 2.47. The first-order chi connectivity index (χ1) is 29.4. The fourth-order valence-corrected chi connectivity index (χ4v) is 8.73. The Labute approximate surface area is 356 Å². The molecule has 0 unspecified atom stereocenters. The number of anilines is 5. The van der Waals surface area contributed by atoms with E-state index >= 15 is 0 Å². The molecule has 0 atom stereocenters. The SMILES string of the molecule is CC(C)c1ccc(N(/C(=C/Cc2ccccc2)c2ccc3c(-c4ccccc4)cc(N(c4ccccc4)c4ccc(C(C)C)cc4)c4c3c2CC=C4)c2ccccc2)cc1. The summed E-state index contributed by atoms with van der Waals surface area (Å²) in [7, 11) is 0. The van der Waals surface area contributed by atoms with Crippen LogP contribution in [0.2, 0.25) is 0 Å². The Morgan fingerprint density at radius 1 is 0.550 bits per heavy atom. The van der Waals surface area contributed by atoms with Gasteiger partial charge in [0.15, 0.2) is 0 Å². The zero-order valence-electron chi connectivity index (χ0n) is 35.1. The van der Waals surface area contributed by atoms with Crippen molar-refractivity contribution in [3.63, 3.8) is 0 Å². The van der Waals surface area contributed by atoms with Crippen molar-refractivity contribution >= 4 is 51.0 Å². The van der Waals surface area contributed by atoms with Crippen LogP contribution in [-0.2, 0) is 12.8 Å². The fourth-order valence-electron chi connectivity index (χ4n) is 8.73. The van der Waals surface area contributed by atoms with Crippen molar-refractivity contribution in [1.82, 2.24) is 0 Å². The molecule has 0 radical (unpaired) electrons. The maximum absolute atomic E-state index is 2.47. The summed E-state index contributed by atoms with van der Waals surface area (Å²) in [6.07, 6.45) is 8.81. The maximum Gasteiger partial charge on any atom is 0.0546 e. The highest BCUT2D eigenvalue weighted by Gasteiger charge is 2.27. The Morgan fingerprint density at radius 3 is 1.67 bits per heavy atom. The molecule has 8 aromatic rings. The highest BCUT2D eigenvalue weighted by atomic mass is 15.2. The number of hydrogen-bond donors (Lipinski definition) is 0. The lowest BCUT2D eigenvalue weighted by Crippen LogP contribution is -2.18. The number of hydrogen-bond acceptors (Lipinski definition) is 2. The smallest absolute Gasteiger partial charge is 0.0546 e. The van der Waals surface area contributed by atoms with Gasteiger partial charge in [-0.25, -0.2) is 0 Å². The molecule has 0 heterocycles. The van der Waals surface area contributed by atoms with Crippen LogP contribution >= 0.6 is 0 Å². The van der Waals surface area contributed by atoms with Gasteiger partial charge in [0.05, 0.1) is 11.4 Å². The molecule has 0 aliphatic heterocycles. The summed E-state index contributed by atoms with van der Waals surface area (Å²) in [5, 5.41) is 2.57. The Hall–Kier alpha value is -6.90. The number of nitrogens with zero attached hydrogens (tertiary/aromatic N) is 2. The number of allylic oxidation sites excluding steroid dienone is 2. The van der Waals surface area contributed by atoms with Crippen molar-refractivity contribution in [2.24, 2.45) is 0 Å². The molecule has 60 heavy (non-hydrogen) atoms. The van der Waals surface area contributed by atoms with E-state index in [1.54, 1.807) is 0 Å². The lowest BCUT2D eigenvalue weighted by molar-refractivity contribution is 0.866. The van der Waals surface area contributed by atoms with Gasteiger partial charge in [0.2, 0.25) is 0 Å². The van der Waals surface area contributed by atoms with E-state index in [1.165, 1.54) is 66.7 Å². The number of para-hydroxylation sites is 2. The summed E-state index contributed by atoms with van der Waals surface area (Å²) in [6.45, 7) is 9.04. The van der Waals surface area contributed by atoms with Crippen LogP contribution < -0.4 is 9.80 Å². The van der Waals surface area contributed by atoms with E-state index in [2.05, 4.69) is 244 Å². The lowest BCUT2D eigenvalue weighted by Gasteiger charge is -2.33. The molecule has 0 spiro atoms. The quantitative estimate of drug-likeness (QED) is 0.122. The van der Waals surface area contributed by atoms with Crippen LogP contribution in [0.1, 0.15) is 72.9 Å². The highest BCUT2D eigenvalue weighted by Crippen LogP contribution is 2.48. The van der Waals surface area contributed by atoms with Gasteiger partial charge in [0.25, 0.3) is 0 Å². The van der Waals surface area contributed by atoms with E-state index in [9.17, 15) is 0 Å². The summed E-state index contributed by atoms with van der Waals surface area (Å²) >= 11 is 0. The second kappa shape index (κ2) is 17.1. The van der Waals surface area contributed by atoms with Crippen LogP contribution in [0, 0.1) is 0 Å². The van der Waals surface area contributed by atoms with E-state index < -0.39 is 0 Å². The first-order valence-corrected chi connectivity index (χ1v) is 21.4. The standard InChI is InChI=1S/C58H52N2/c1-41(2)44-29-33-49(34-30-44)59(47-22-13-7-14-23-47)56(39-28-43-18-9-5-10-19-43)51-37-38-53-55(46-20-11-6-12-21-46)40-57(54-27-17-26-52(51)58(53)54)60(48-24-15-8-16-25-48)50-35-31-45(32-36-50)42(3)4/h5-25,27,29-42H,26,28H2,1-4H3/b56-39+. The Balaban J connectivity index is 1.34. The zero-order valence-corrected chi connectivity index (χ0v) is 35.1. The van der Waals surface area contributed by atoms with Crippen molar-refractivity contribution in [2.75, 3.05) is 9.80 Å². The Kier molecular flexibility index (Phi) is 11.0. The molecule has 0 fully saturated rings. The van der Waals surface area contributed by atoms with Crippen LogP contribution in [0.4, 0.5) is 28.4 Å². The molecule has 0 bridgehead atoms. The molecule has 2 nitrogen and oxygen atoms in total.